The van der Waals surface area contributed by atoms with E-state index in [0.717, 1.165) is 11.3 Å². The number of aliphatic hydroxyl groups excluding tert-OH is 1. The average Bonchev–Trinajstić information content (AvgIpc) is 2.76. The van der Waals surface area contributed by atoms with Crippen LogP contribution in [0.15, 0.2) is 42.5 Å². The normalized spacial score (nSPS) is 11.9. The Hall–Kier alpha value is -2.48. The molecule has 29 heavy (non-hydrogen) atoms. The van der Waals surface area contributed by atoms with E-state index in [1.807, 2.05) is 42.5 Å². The smallest absolute Gasteiger partial charge is 0.165 e. The van der Waals surface area contributed by atoms with Crippen LogP contribution in [0.4, 0.5) is 0 Å². The Balaban J connectivity index is 1.98. The van der Waals surface area contributed by atoms with Crippen LogP contribution in [-0.2, 0) is 11.3 Å². The summed E-state index contributed by atoms with van der Waals surface area (Å²) < 4.78 is 27.0. The first-order valence-electron chi connectivity index (χ1n) is 9.47. The molecule has 7 heteroatoms. The van der Waals surface area contributed by atoms with E-state index in [1.165, 1.54) is 0 Å². The Morgan fingerprint density at radius 1 is 0.897 bits per heavy atom. The maximum atomic E-state index is 10.5. The van der Waals surface area contributed by atoms with Gasteiger partial charge in [0, 0.05) is 32.3 Å². The van der Waals surface area contributed by atoms with Gasteiger partial charge in [0.1, 0.15) is 24.2 Å². The largest absolute Gasteiger partial charge is 0.497 e. The molecule has 0 aliphatic carbocycles. The first-order valence-corrected chi connectivity index (χ1v) is 9.47. The second-order valence-electron chi connectivity index (χ2n) is 6.52. The lowest BCUT2D eigenvalue weighted by atomic mass is 10.1. The molecule has 0 radical (unpaired) electrons. The minimum Gasteiger partial charge on any atom is -0.497 e. The molecule has 0 heterocycles. The highest BCUT2D eigenvalue weighted by atomic mass is 16.5. The van der Waals surface area contributed by atoms with Gasteiger partial charge in [-0.2, -0.15) is 0 Å². The number of benzene rings is 2. The van der Waals surface area contributed by atoms with E-state index in [-0.39, 0.29) is 6.61 Å². The molecule has 0 bridgehead atoms. The molecule has 7 nitrogen and oxygen atoms in total. The van der Waals surface area contributed by atoms with Gasteiger partial charge >= 0.3 is 0 Å². The second-order valence-corrected chi connectivity index (χ2v) is 6.52. The first-order chi connectivity index (χ1) is 14.1. The molecule has 1 N–H and O–H groups in total. The minimum atomic E-state index is -0.662. The number of hydrogen-bond acceptors (Lipinski definition) is 7. The Kier molecular flexibility index (Phi) is 9.56. The minimum absolute atomic E-state index is 0.186. The Morgan fingerprint density at radius 3 is 2.24 bits per heavy atom. The lowest BCUT2D eigenvalue weighted by Crippen LogP contribution is -2.37. The molecule has 0 amide bonds. The standard InChI is InChI=1S/C22H31NO6/c1-25-13-12-23(14-17-6-5-7-21(27-3)22(17)28-4)15-18(24)16-29-20-10-8-19(26-2)9-11-20/h5-11,18,24H,12-16H2,1-4H3. The monoisotopic (exact) mass is 405 g/mol. The summed E-state index contributed by atoms with van der Waals surface area (Å²) in [7, 11) is 6.52. The average molecular weight is 405 g/mol. The summed E-state index contributed by atoms with van der Waals surface area (Å²) in [6.45, 7) is 2.42. The summed E-state index contributed by atoms with van der Waals surface area (Å²) in [5.74, 6) is 2.82. The molecule has 2 aromatic carbocycles. The zero-order chi connectivity index (χ0) is 21.1. The van der Waals surface area contributed by atoms with E-state index in [4.69, 9.17) is 23.7 Å². The van der Waals surface area contributed by atoms with E-state index < -0.39 is 6.10 Å². The molecule has 2 rings (SSSR count). The van der Waals surface area contributed by atoms with Crippen LogP contribution in [0.2, 0.25) is 0 Å². The third-order valence-corrected chi connectivity index (χ3v) is 4.46. The highest BCUT2D eigenvalue weighted by molar-refractivity contribution is 5.46. The van der Waals surface area contributed by atoms with Crippen molar-refractivity contribution >= 4 is 0 Å². The van der Waals surface area contributed by atoms with Crippen molar-refractivity contribution in [1.29, 1.82) is 0 Å². The summed E-state index contributed by atoms with van der Waals surface area (Å²) in [6, 6.07) is 13.0. The second kappa shape index (κ2) is 12.2. The van der Waals surface area contributed by atoms with Crippen LogP contribution in [-0.4, -0.2) is 70.9 Å². The van der Waals surface area contributed by atoms with Gasteiger partial charge < -0.3 is 28.8 Å². The summed E-state index contributed by atoms with van der Waals surface area (Å²) in [5.41, 5.74) is 0.978. The SMILES string of the molecule is COCCN(Cc1cccc(OC)c1OC)CC(O)COc1ccc(OC)cc1. The lowest BCUT2D eigenvalue weighted by molar-refractivity contribution is 0.0539. The maximum Gasteiger partial charge on any atom is 0.165 e. The van der Waals surface area contributed by atoms with Gasteiger partial charge in [0.25, 0.3) is 0 Å². The van der Waals surface area contributed by atoms with E-state index >= 15 is 0 Å². The van der Waals surface area contributed by atoms with Crippen LogP contribution in [0.1, 0.15) is 5.56 Å². The van der Waals surface area contributed by atoms with Crippen molar-refractivity contribution in [3.63, 3.8) is 0 Å². The van der Waals surface area contributed by atoms with Gasteiger partial charge in [-0.15, -0.1) is 0 Å². The molecule has 0 saturated heterocycles. The fourth-order valence-electron chi connectivity index (χ4n) is 2.99. The number of methoxy groups -OCH3 is 4. The van der Waals surface area contributed by atoms with Crippen molar-refractivity contribution in [3.8, 4) is 23.0 Å². The predicted octanol–water partition coefficient (Wildman–Crippen LogP) is 2.60. The number of rotatable bonds is 13. The fourth-order valence-corrected chi connectivity index (χ4v) is 2.99. The number of ether oxygens (including phenoxy) is 5. The van der Waals surface area contributed by atoms with Crippen LogP contribution in [0, 0.1) is 0 Å². The molecule has 0 fully saturated rings. The summed E-state index contributed by atoms with van der Waals surface area (Å²) in [6.07, 6.45) is -0.662. The van der Waals surface area contributed by atoms with Crippen molar-refractivity contribution in [2.75, 3.05) is 54.7 Å². The molecule has 1 unspecified atom stereocenters. The molecule has 160 valence electrons. The Labute approximate surface area is 172 Å². The van der Waals surface area contributed by atoms with Gasteiger partial charge in [0.15, 0.2) is 11.5 Å². The molecule has 0 saturated carbocycles. The number of para-hydroxylation sites is 1. The summed E-state index contributed by atoms with van der Waals surface area (Å²) in [5, 5.41) is 10.5. The number of aliphatic hydroxyl groups is 1. The summed E-state index contributed by atoms with van der Waals surface area (Å²) >= 11 is 0. The highest BCUT2D eigenvalue weighted by Crippen LogP contribution is 2.31. The van der Waals surface area contributed by atoms with Gasteiger partial charge in [0.2, 0.25) is 0 Å². The first kappa shape index (κ1) is 22.8. The Morgan fingerprint density at radius 2 is 1.62 bits per heavy atom. The molecule has 0 spiro atoms. The van der Waals surface area contributed by atoms with Crippen molar-refractivity contribution in [3.05, 3.63) is 48.0 Å². The fraction of sp³-hybridized carbons (Fsp3) is 0.455. The maximum absolute atomic E-state index is 10.5. The van der Waals surface area contributed by atoms with E-state index in [0.29, 0.717) is 43.5 Å². The molecule has 0 aliphatic rings. The van der Waals surface area contributed by atoms with E-state index in [9.17, 15) is 5.11 Å². The number of nitrogens with zero attached hydrogens (tertiary/aromatic N) is 1. The van der Waals surface area contributed by atoms with Crippen molar-refractivity contribution in [1.82, 2.24) is 4.90 Å². The lowest BCUT2D eigenvalue weighted by Gasteiger charge is -2.26. The molecule has 2 aromatic rings. The number of hydrogen-bond donors (Lipinski definition) is 1. The van der Waals surface area contributed by atoms with Crippen molar-refractivity contribution in [2.24, 2.45) is 0 Å². The molecule has 1 atom stereocenters. The third kappa shape index (κ3) is 7.12. The molecular formula is C22H31NO6. The highest BCUT2D eigenvalue weighted by Gasteiger charge is 2.17. The van der Waals surface area contributed by atoms with Gasteiger partial charge in [-0.05, 0) is 30.3 Å². The van der Waals surface area contributed by atoms with Crippen LogP contribution >= 0.6 is 0 Å². The van der Waals surface area contributed by atoms with Crippen LogP contribution in [0.3, 0.4) is 0 Å². The molecule has 0 aliphatic heterocycles. The quantitative estimate of drug-likeness (QED) is 0.549. The molecular weight excluding hydrogens is 374 g/mol. The van der Waals surface area contributed by atoms with E-state index in [1.54, 1.807) is 28.4 Å². The van der Waals surface area contributed by atoms with Gasteiger partial charge in [-0.1, -0.05) is 12.1 Å². The Bertz CT molecular complexity index is 722. The van der Waals surface area contributed by atoms with Crippen molar-refractivity contribution in [2.45, 2.75) is 12.6 Å². The van der Waals surface area contributed by atoms with Crippen molar-refractivity contribution < 1.29 is 28.8 Å². The van der Waals surface area contributed by atoms with Crippen LogP contribution in [0.5, 0.6) is 23.0 Å². The predicted molar refractivity (Wildman–Crippen MR) is 111 cm³/mol. The summed E-state index contributed by atoms with van der Waals surface area (Å²) in [4.78, 5) is 2.10. The van der Waals surface area contributed by atoms with Gasteiger partial charge in [0.05, 0.1) is 27.9 Å². The van der Waals surface area contributed by atoms with E-state index in [2.05, 4.69) is 4.90 Å². The topological polar surface area (TPSA) is 69.6 Å². The van der Waals surface area contributed by atoms with Gasteiger partial charge in [-0.25, -0.2) is 0 Å². The van der Waals surface area contributed by atoms with Crippen LogP contribution < -0.4 is 18.9 Å². The van der Waals surface area contributed by atoms with Crippen LogP contribution in [0.25, 0.3) is 0 Å². The zero-order valence-electron chi connectivity index (χ0n) is 17.6. The molecule has 0 aromatic heterocycles. The van der Waals surface area contributed by atoms with Gasteiger partial charge in [-0.3, -0.25) is 4.90 Å². The third-order valence-electron chi connectivity index (χ3n) is 4.46. The zero-order valence-corrected chi connectivity index (χ0v) is 17.6.